The van der Waals surface area contributed by atoms with Gasteiger partial charge >= 0.3 is 11.9 Å². The van der Waals surface area contributed by atoms with Gasteiger partial charge in [0, 0.05) is 13.8 Å². The van der Waals surface area contributed by atoms with Crippen LogP contribution >= 0.6 is 0 Å². The second kappa shape index (κ2) is 5.41. The van der Waals surface area contributed by atoms with E-state index in [1.807, 2.05) is 0 Å². The van der Waals surface area contributed by atoms with Crippen molar-refractivity contribution in [2.75, 3.05) is 6.61 Å². The van der Waals surface area contributed by atoms with E-state index in [0.717, 1.165) is 0 Å². The van der Waals surface area contributed by atoms with Crippen LogP contribution in [-0.2, 0) is 33.3 Å². The number of rotatable bonds is 2. The van der Waals surface area contributed by atoms with Crippen LogP contribution in [0.5, 0.6) is 0 Å². The standard InChI is InChI=1S/C13H18O7/c1-7(14)16-5-9-11-12(20-13(3,4)19-11)10(6-17-9)18-8(2)15/h5,10-12H,6H2,1-4H3/b9-5+/t10-,11-,12+/m0/s1. The normalized spacial score (nSPS) is 33.2. The Balaban J connectivity index is 2.17. The molecule has 0 bridgehead atoms. The topological polar surface area (TPSA) is 80.3 Å². The quantitative estimate of drug-likeness (QED) is 0.550. The molecule has 0 aromatic heterocycles. The number of carbonyl (C=O) groups is 2. The summed E-state index contributed by atoms with van der Waals surface area (Å²) in [5.41, 5.74) is 0. The van der Waals surface area contributed by atoms with Gasteiger partial charge in [0.05, 0.1) is 0 Å². The largest absolute Gasteiger partial charge is 0.488 e. The van der Waals surface area contributed by atoms with Crippen LogP contribution in [0.25, 0.3) is 0 Å². The first-order valence-corrected chi connectivity index (χ1v) is 6.31. The van der Waals surface area contributed by atoms with Gasteiger partial charge in [-0.3, -0.25) is 9.59 Å². The molecule has 2 aliphatic rings. The average Bonchev–Trinajstić information content (AvgIpc) is 2.63. The molecule has 0 N–H and O–H groups in total. The zero-order valence-electron chi connectivity index (χ0n) is 11.9. The van der Waals surface area contributed by atoms with Crippen LogP contribution in [-0.4, -0.2) is 42.6 Å². The summed E-state index contributed by atoms with van der Waals surface area (Å²) in [4.78, 5) is 22.0. The van der Waals surface area contributed by atoms with E-state index in [1.54, 1.807) is 13.8 Å². The highest BCUT2D eigenvalue weighted by molar-refractivity contribution is 5.67. The fourth-order valence-corrected chi connectivity index (χ4v) is 2.19. The third-order valence-corrected chi connectivity index (χ3v) is 2.85. The van der Waals surface area contributed by atoms with Crippen LogP contribution in [0.3, 0.4) is 0 Å². The van der Waals surface area contributed by atoms with E-state index < -0.39 is 36.0 Å². The Labute approximate surface area is 116 Å². The lowest BCUT2D eigenvalue weighted by Gasteiger charge is -2.32. The zero-order chi connectivity index (χ0) is 14.9. The fraction of sp³-hybridized carbons (Fsp3) is 0.692. The summed E-state index contributed by atoms with van der Waals surface area (Å²) in [5.74, 6) is -1.37. The van der Waals surface area contributed by atoms with Crippen LogP contribution in [0.2, 0.25) is 0 Å². The molecule has 0 saturated carbocycles. The first-order valence-electron chi connectivity index (χ1n) is 6.31. The van der Waals surface area contributed by atoms with Crippen LogP contribution in [0, 0.1) is 0 Å². The molecule has 2 saturated heterocycles. The average molecular weight is 286 g/mol. The monoisotopic (exact) mass is 286 g/mol. The highest BCUT2D eigenvalue weighted by Gasteiger charge is 2.52. The molecule has 0 unspecified atom stereocenters. The number of hydrogen-bond acceptors (Lipinski definition) is 7. The molecule has 2 rings (SSSR count). The lowest BCUT2D eigenvalue weighted by atomic mass is 10.0. The molecule has 0 aromatic carbocycles. The third-order valence-electron chi connectivity index (χ3n) is 2.85. The molecule has 0 aliphatic carbocycles. The minimum absolute atomic E-state index is 0.118. The summed E-state index contributed by atoms with van der Waals surface area (Å²) in [6.45, 7) is 6.22. The van der Waals surface area contributed by atoms with E-state index in [-0.39, 0.29) is 6.61 Å². The van der Waals surface area contributed by atoms with Crippen LogP contribution in [0.4, 0.5) is 0 Å². The van der Waals surface area contributed by atoms with Crippen molar-refractivity contribution in [1.82, 2.24) is 0 Å². The van der Waals surface area contributed by atoms with Gasteiger partial charge in [0.1, 0.15) is 19.0 Å². The maximum Gasteiger partial charge on any atom is 0.307 e. The molecule has 7 heteroatoms. The number of ether oxygens (including phenoxy) is 5. The van der Waals surface area contributed by atoms with Crippen molar-refractivity contribution >= 4 is 11.9 Å². The molecular weight excluding hydrogens is 268 g/mol. The summed E-state index contributed by atoms with van der Waals surface area (Å²) in [6, 6.07) is 0. The molecular formula is C13H18O7. The van der Waals surface area contributed by atoms with Gasteiger partial charge in [-0.15, -0.1) is 0 Å². The fourth-order valence-electron chi connectivity index (χ4n) is 2.19. The highest BCUT2D eigenvalue weighted by atomic mass is 16.8. The van der Waals surface area contributed by atoms with E-state index in [0.29, 0.717) is 5.76 Å². The lowest BCUT2D eigenvalue weighted by molar-refractivity contribution is -0.172. The molecule has 3 atom stereocenters. The molecule has 0 radical (unpaired) electrons. The summed E-state index contributed by atoms with van der Waals surface area (Å²) < 4.78 is 26.9. The van der Waals surface area contributed by atoms with Gasteiger partial charge in [-0.25, -0.2) is 0 Å². The van der Waals surface area contributed by atoms with Crippen molar-refractivity contribution in [2.45, 2.75) is 51.8 Å². The summed E-state index contributed by atoms with van der Waals surface area (Å²) in [5, 5.41) is 0. The Bertz CT molecular complexity index is 440. The van der Waals surface area contributed by atoms with Crippen molar-refractivity contribution < 1.29 is 33.3 Å². The maximum absolute atomic E-state index is 11.1. The Kier molecular flexibility index (Phi) is 4.01. The summed E-state index contributed by atoms with van der Waals surface area (Å²) in [6.07, 6.45) is -0.435. The molecule has 2 aliphatic heterocycles. The van der Waals surface area contributed by atoms with Crippen molar-refractivity contribution in [2.24, 2.45) is 0 Å². The van der Waals surface area contributed by atoms with Crippen LogP contribution in [0.15, 0.2) is 12.0 Å². The summed E-state index contributed by atoms with van der Waals surface area (Å²) >= 11 is 0. The Hall–Kier alpha value is -1.60. The predicted octanol–water partition coefficient (Wildman–Crippen LogP) is 0.873. The first-order chi connectivity index (χ1) is 9.28. The van der Waals surface area contributed by atoms with Crippen molar-refractivity contribution in [3.8, 4) is 0 Å². The molecule has 2 fully saturated rings. The van der Waals surface area contributed by atoms with Gasteiger partial charge in [-0.2, -0.15) is 0 Å². The summed E-state index contributed by atoms with van der Waals surface area (Å²) in [7, 11) is 0. The number of esters is 2. The first kappa shape index (κ1) is 14.8. The van der Waals surface area contributed by atoms with Crippen molar-refractivity contribution in [3.63, 3.8) is 0 Å². The highest BCUT2D eigenvalue weighted by Crippen LogP contribution is 2.38. The van der Waals surface area contributed by atoms with E-state index in [9.17, 15) is 9.59 Å². The molecule has 2 heterocycles. The minimum atomic E-state index is -0.837. The SMILES string of the molecule is CC(=O)O/C=C1/OC[C@H](OC(C)=O)[C@H]2OC(C)(C)O[C@@H]12. The number of hydrogen-bond donors (Lipinski definition) is 0. The van der Waals surface area contributed by atoms with Crippen LogP contribution < -0.4 is 0 Å². The van der Waals surface area contributed by atoms with E-state index >= 15 is 0 Å². The van der Waals surface area contributed by atoms with Crippen molar-refractivity contribution in [3.05, 3.63) is 12.0 Å². The second-order valence-corrected chi connectivity index (χ2v) is 5.11. The van der Waals surface area contributed by atoms with Crippen LogP contribution in [0.1, 0.15) is 27.7 Å². The number of fused-ring (bicyclic) bond motifs is 1. The van der Waals surface area contributed by atoms with E-state index in [4.69, 9.17) is 23.7 Å². The molecule has 0 spiro atoms. The van der Waals surface area contributed by atoms with Crippen molar-refractivity contribution in [1.29, 1.82) is 0 Å². The third kappa shape index (κ3) is 3.29. The van der Waals surface area contributed by atoms with Gasteiger partial charge in [0.15, 0.2) is 23.8 Å². The van der Waals surface area contributed by atoms with E-state index in [2.05, 4.69) is 0 Å². The number of carbonyl (C=O) groups excluding carboxylic acids is 2. The minimum Gasteiger partial charge on any atom is -0.488 e. The Morgan fingerprint density at radius 3 is 2.55 bits per heavy atom. The molecule has 7 nitrogen and oxygen atoms in total. The Morgan fingerprint density at radius 2 is 1.95 bits per heavy atom. The van der Waals surface area contributed by atoms with Gasteiger partial charge < -0.3 is 23.7 Å². The maximum atomic E-state index is 11.1. The zero-order valence-corrected chi connectivity index (χ0v) is 11.9. The lowest BCUT2D eigenvalue weighted by Crippen LogP contribution is -2.46. The molecule has 112 valence electrons. The van der Waals surface area contributed by atoms with Gasteiger partial charge in [-0.05, 0) is 13.8 Å². The predicted molar refractivity (Wildman–Crippen MR) is 65.2 cm³/mol. The second-order valence-electron chi connectivity index (χ2n) is 5.11. The Morgan fingerprint density at radius 1 is 1.25 bits per heavy atom. The molecule has 0 aromatic rings. The molecule has 0 amide bonds. The van der Waals surface area contributed by atoms with Gasteiger partial charge in [0.25, 0.3) is 0 Å². The van der Waals surface area contributed by atoms with E-state index in [1.165, 1.54) is 20.1 Å². The van der Waals surface area contributed by atoms with Gasteiger partial charge in [-0.1, -0.05) is 0 Å². The van der Waals surface area contributed by atoms with Gasteiger partial charge in [0.2, 0.25) is 0 Å². The molecule has 20 heavy (non-hydrogen) atoms. The smallest absolute Gasteiger partial charge is 0.307 e.